The number of alkyl halides is 3. The molecule has 0 radical (unpaired) electrons. The molecule has 1 saturated heterocycles. The predicted octanol–water partition coefficient (Wildman–Crippen LogP) is 4.75. The van der Waals surface area contributed by atoms with Gasteiger partial charge in [-0.25, -0.2) is 4.98 Å². The van der Waals surface area contributed by atoms with Crippen molar-refractivity contribution >= 4 is 11.7 Å². The van der Waals surface area contributed by atoms with Gasteiger partial charge in [0.2, 0.25) is 5.91 Å². The first kappa shape index (κ1) is 22.1. The summed E-state index contributed by atoms with van der Waals surface area (Å²) in [5.41, 5.74) is 1.51. The number of nitrogens with zero attached hydrogens (tertiary/aromatic N) is 3. The molecule has 1 aliphatic rings. The number of piperazine rings is 1. The number of anilines is 1. The Balaban J connectivity index is 1.57. The third-order valence-corrected chi connectivity index (χ3v) is 5.48. The zero-order valence-electron chi connectivity index (χ0n) is 17.6. The second kappa shape index (κ2) is 9.06. The van der Waals surface area contributed by atoms with Gasteiger partial charge >= 0.3 is 6.18 Å². The van der Waals surface area contributed by atoms with Crippen LogP contribution in [0.1, 0.15) is 43.4 Å². The third kappa shape index (κ3) is 5.32. The maximum Gasteiger partial charge on any atom is 0.417 e. The van der Waals surface area contributed by atoms with E-state index in [9.17, 15) is 18.0 Å². The van der Waals surface area contributed by atoms with Gasteiger partial charge in [-0.3, -0.25) is 4.79 Å². The number of hydrogen-bond acceptors (Lipinski definition) is 3. The quantitative estimate of drug-likeness (QED) is 0.702. The standard InChI is InChI=1S/C23H28F3N3O/c1-16(2)14-18-4-6-19(7-5-18)17(3)22(30)29-12-10-28(11-13-29)21-9-8-20(15-27-21)23(24,25)26/h4-9,15-17H,10-14H2,1-3H3/t17-/m1/s1. The van der Waals surface area contributed by atoms with Crippen LogP contribution in [0.25, 0.3) is 0 Å². The summed E-state index contributed by atoms with van der Waals surface area (Å²) in [5.74, 6) is 0.940. The SMILES string of the molecule is CC(C)Cc1ccc([C@@H](C)C(=O)N2CCN(c3ccc(C(F)(F)F)cn3)CC2)cc1. The van der Waals surface area contributed by atoms with Gasteiger partial charge in [0.05, 0.1) is 11.5 Å². The van der Waals surface area contributed by atoms with E-state index in [4.69, 9.17) is 0 Å². The zero-order valence-corrected chi connectivity index (χ0v) is 17.6. The number of carbonyl (C=O) groups is 1. The van der Waals surface area contributed by atoms with Gasteiger partial charge in [-0.2, -0.15) is 13.2 Å². The lowest BCUT2D eigenvalue weighted by Crippen LogP contribution is -2.50. The molecular formula is C23H28F3N3O. The molecule has 7 heteroatoms. The molecule has 1 aromatic carbocycles. The van der Waals surface area contributed by atoms with Crippen LogP contribution in [-0.4, -0.2) is 42.0 Å². The summed E-state index contributed by atoms with van der Waals surface area (Å²) in [6.45, 7) is 8.42. The van der Waals surface area contributed by atoms with E-state index in [1.165, 1.54) is 11.6 Å². The normalized spacial score (nSPS) is 16.1. The molecule has 2 aromatic rings. The van der Waals surface area contributed by atoms with Gasteiger partial charge in [-0.15, -0.1) is 0 Å². The third-order valence-electron chi connectivity index (χ3n) is 5.48. The van der Waals surface area contributed by atoms with Crippen molar-refractivity contribution in [2.24, 2.45) is 5.92 Å². The van der Waals surface area contributed by atoms with Crippen molar-refractivity contribution < 1.29 is 18.0 Å². The highest BCUT2D eigenvalue weighted by Crippen LogP contribution is 2.29. The van der Waals surface area contributed by atoms with Crippen LogP contribution in [0.15, 0.2) is 42.6 Å². The number of hydrogen-bond donors (Lipinski definition) is 0. The van der Waals surface area contributed by atoms with E-state index in [1.807, 2.05) is 28.9 Å². The smallest absolute Gasteiger partial charge is 0.353 e. The Morgan fingerprint density at radius 1 is 1.00 bits per heavy atom. The van der Waals surface area contributed by atoms with Gasteiger partial charge in [-0.1, -0.05) is 38.1 Å². The molecule has 162 valence electrons. The Kier molecular flexibility index (Phi) is 6.68. The lowest BCUT2D eigenvalue weighted by atomic mass is 9.95. The van der Waals surface area contributed by atoms with Crippen LogP contribution in [-0.2, 0) is 17.4 Å². The molecule has 0 N–H and O–H groups in total. The molecule has 30 heavy (non-hydrogen) atoms. The van der Waals surface area contributed by atoms with Crippen LogP contribution in [0.4, 0.5) is 19.0 Å². The zero-order chi connectivity index (χ0) is 21.9. The van der Waals surface area contributed by atoms with Crippen molar-refractivity contribution in [3.8, 4) is 0 Å². The highest BCUT2D eigenvalue weighted by molar-refractivity contribution is 5.83. The summed E-state index contributed by atoms with van der Waals surface area (Å²) < 4.78 is 38.1. The number of pyridine rings is 1. The largest absolute Gasteiger partial charge is 0.417 e. The molecule has 0 saturated carbocycles. The van der Waals surface area contributed by atoms with Crippen LogP contribution in [0, 0.1) is 5.92 Å². The van der Waals surface area contributed by atoms with Gasteiger partial charge in [0.25, 0.3) is 0 Å². The molecule has 1 aliphatic heterocycles. The van der Waals surface area contributed by atoms with Crippen molar-refractivity contribution in [2.75, 3.05) is 31.1 Å². The Morgan fingerprint density at radius 3 is 2.13 bits per heavy atom. The van der Waals surface area contributed by atoms with Gasteiger partial charge < -0.3 is 9.80 Å². The van der Waals surface area contributed by atoms with E-state index in [2.05, 4.69) is 31.0 Å². The topological polar surface area (TPSA) is 36.4 Å². The number of halogens is 3. The number of rotatable bonds is 5. The van der Waals surface area contributed by atoms with Crippen LogP contribution in [0.3, 0.4) is 0 Å². The predicted molar refractivity (Wildman–Crippen MR) is 111 cm³/mol. The van der Waals surface area contributed by atoms with E-state index < -0.39 is 11.7 Å². The van der Waals surface area contributed by atoms with Crippen molar-refractivity contribution in [3.05, 3.63) is 59.3 Å². The fraction of sp³-hybridized carbons (Fsp3) is 0.478. The van der Waals surface area contributed by atoms with Crippen molar-refractivity contribution in [2.45, 2.75) is 39.3 Å². The lowest BCUT2D eigenvalue weighted by molar-refractivity contribution is -0.138. The molecule has 0 aliphatic carbocycles. The van der Waals surface area contributed by atoms with Crippen LogP contribution < -0.4 is 4.90 Å². The second-order valence-electron chi connectivity index (χ2n) is 8.28. The summed E-state index contributed by atoms with van der Waals surface area (Å²) in [6, 6.07) is 10.7. The van der Waals surface area contributed by atoms with Crippen LogP contribution in [0.2, 0.25) is 0 Å². The average Bonchev–Trinajstić information content (AvgIpc) is 2.72. The average molecular weight is 419 g/mol. The minimum Gasteiger partial charge on any atom is -0.353 e. The van der Waals surface area contributed by atoms with E-state index in [0.29, 0.717) is 37.9 Å². The Hall–Kier alpha value is -2.57. The maximum absolute atomic E-state index is 12.9. The summed E-state index contributed by atoms with van der Waals surface area (Å²) >= 11 is 0. The molecule has 1 amide bonds. The fourth-order valence-corrected chi connectivity index (χ4v) is 3.73. The van der Waals surface area contributed by atoms with Gasteiger partial charge in [0.1, 0.15) is 5.82 Å². The first-order valence-corrected chi connectivity index (χ1v) is 10.3. The molecule has 1 aromatic heterocycles. The Bertz CT molecular complexity index is 839. The summed E-state index contributed by atoms with van der Waals surface area (Å²) in [4.78, 5) is 20.6. The van der Waals surface area contributed by atoms with Crippen molar-refractivity contribution in [1.82, 2.24) is 9.88 Å². The first-order valence-electron chi connectivity index (χ1n) is 10.3. The van der Waals surface area contributed by atoms with Gasteiger partial charge in [-0.05, 0) is 42.5 Å². The fourth-order valence-electron chi connectivity index (χ4n) is 3.73. The van der Waals surface area contributed by atoms with E-state index in [1.54, 1.807) is 0 Å². The summed E-state index contributed by atoms with van der Waals surface area (Å²) in [5, 5.41) is 0. The highest BCUT2D eigenvalue weighted by Gasteiger charge is 2.31. The lowest BCUT2D eigenvalue weighted by Gasteiger charge is -2.36. The second-order valence-corrected chi connectivity index (χ2v) is 8.28. The minimum absolute atomic E-state index is 0.0756. The van der Waals surface area contributed by atoms with E-state index in [-0.39, 0.29) is 11.8 Å². The molecule has 3 rings (SSSR count). The van der Waals surface area contributed by atoms with Crippen molar-refractivity contribution in [1.29, 1.82) is 0 Å². The Labute approximate surface area is 175 Å². The molecule has 1 fully saturated rings. The minimum atomic E-state index is -4.39. The number of benzene rings is 1. The summed E-state index contributed by atoms with van der Waals surface area (Å²) in [7, 11) is 0. The van der Waals surface area contributed by atoms with E-state index in [0.717, 1.165) is 24.2 Å². The Morgan fingerprint density at radius 2 is 1.63 bits per heavy atom. The summed E-state index contributed by atoms with van der Waals surface area (Å²) in [6.07, 6.45) is -2.51. The molecule has 1 atom stereocenters. The first-order chi connectivity index (χ1) is 14.1. The highest BCUT2D eigenvalue weighted by atomic mass is 19.4. The van der Waals surface area contributed by atoms with Crippen LogP contribution >= 0.6 is 0 Å². The molecule has 2 heterocycles. The maximum atomic E-state index is 12.9. The number of carbonyl (C=O) groups excluding carboxylic acids is 1. The number of aromatic nitrogens is 1. The van der Waals surface area contributed by atoms with E-state index >= 15 is 0 Å². The molecule has 0 unspecified atom stereocenters. The molecule has 4 nitrogen and oxygen atoms in total. The molecule has 0 spiro atoms. The monoisotopic (exact) mass is 419 g/mol. The molecular weight excluding hydrogens is 391 g/mol. The number of amides is 1. The van der Waals surface area contributed by atoms with Gasteiger partial charge in [0.15, 0.2) is 0 Å². The van der Waals surface area contributed by atoms with Gasteiger partial charge in [0, 0.05) is 32.4 Å². The van der Waals surface area contributed by atoms with Crippen LogP contribution in [0.5, 0.6) is 0 Å². The van der Waals surface area contributed by atoms with Crippen molar-refractivity contribution in [3.63, 3.8) is 0 Å². The molecule has 0 bridgehead atoms.